The molecule has 28 heavy (non-hydrogen) atoms. The number of ether oxygens (including phenoxy) is 5. The maximum Gasteiger partial charge on any atom is 0.163 e. The fourth-order valence-electron chi connectivity index (χ4n) is 3.48. The van der Waals surface area contributed by atoms with Crippen LogP contribution < -0.4 is 4.74 Å². The van der Waals surface area contributed by atoms with E-state index in [0.717, 1.165) is 24.2 Å². The maximum atomic E-state index is 11.1. The summed E-state index contributed by atoms with van der Waals surface area (Å²) >= 11 is 0. The second kappa shape index (κ2) is 7.79. The van der Waals surface area contributed by atoms with E-state index in [9.17, 15) is 4.79 Å². The van der Waals surface area contributed by atoms with E-state index in [-0.39, 0.29) is 12.2 Å². The van der Waals surface area contributed by atoms with E-state index in [1.165, 1.54) is 0 Å². The lowest BCUT2D eigenvalue weighted by Gasteiger charge is -2.34. The first-order chi connectivity index (χ1) is 13.5. The van der Waals surface area contributed by atoms with Crippen molar-refractivity contribution < 1.29 is 28.5 Å². The Balaban J connectivity index is 1.54. The summed E-state index contributed by atoms with van der Waals surface area (Å²) in [5.41, 5.74) is 0.881. The van der Waals surface area contributed by atoms with Crippen LogP contribution in [0.3, 0.4) is 0 Å². The lowest BCUT2D eigenvalue weighted by molar-refractivity contribution is -0.141. The van der Waals surface area contributed by atoms with Crippen LogP contribution in [-0.2, 0) is 29.3 Å². The van der Waals surface area contributed by atoms with Gasteiger partial charge in [0, 0.05) is 17.6 Å². The summed E-state index contributed by atoms with van der Waals surface area (Å²) < 4.78 is 29.2. The number of hydrogen-bond donors (Lipinski definition) is 0. The van der Waals surface area contributed by atoms with E-state index >= 15 is 0 Å². The van der Waals surface area contributed by atoms with Crippen LogP contribution >= 0.6 is 0 Å². The van der Waals surface area contributed by atoms with Crippen molar-refractivity contribution in [3.05, 3.63) is 53.6 Å². The van der Waals surface area contributed by atoms with E-state index in [2.05, 4.69) is 0 Å². The van der Waals surface area contributed by atoms with E-state index in [1.54, 1.807) is 6.08 Å². The summed E-state index contributed by atoms with van der Waals surface area (Å²) in [7, 11) is 0. The molecule has 1 aliphatic carbocycles. The zero-order valence-electron chi connectivity index (χ0n) is 16.3. The summed E-state index contributed by atoms with van der Waals surface area (Å²) in [6, 6.07) is 7.84. The molecule has 3 unspecified atom stereocenters. The smallest absolute Gasteiger partial charge is 0.163 e. The molecule has 4 rings (SSSR count). The quantitative estimate of drug-likeness (QED) is 0.506. The Morgan fingerprint density at radius 3 is 2.64 bits per heavy atom. The second-order valence-electron chi connectivity index (χ2n) is 7.77. The van der Waals surface area contributed by atoms with Gasteiger partial charge in [0.2, 0.25) is 0 Å². The van der Waals surface area contributed by atoms with Gasteiger partial charge in [-0.15, -0.1) is 0 Å². The van der Waals surface area contributed by atoms with Gasteiger partial charge >= 0.3 is 0 Å². The molecular formula is C22H26O6. The van der Waals surface area contributed by atoms with Gasteiger partial charge in [0.1, 0.15) is 36.5 Å². The van der Waals surface area contributed by atoms with Crippen LogP contribution in [-0.4, -0.2) is 50.7 Å². The van der Waals surface area contributed by atoms with E-state index in [1.807, 2.05) is 50.3 Å². The van der Waals surface area contributed by atoms with E-state index in [0.29, 0.717) is 31.8 Å². The summed E-state index contributed by atoms with van der Waals surface area (Å²) in [5, 5.41) is 0. The van der Waals surface area contributed by atoms with Crippen LogP contribution in [0.1, 0.15) is 25.8 Å². The van der Waals surface area contributed by atoms with Gasteiger partial charge < -0.3 is 23.7 Å². The predicted molar refractivity (Wildman–Crippen MR) is 102 cm³/mol. The Kier molecular flexibility index (Phi) is 5.38. The molecule has 0 radical (unpaired) electrons. The monoisotopic (exact) mass is 386 g/mol. The van der Waals surface area contributed by atoms with Crippen molar-refractivity contribution >= 4 is 6.29 Å². The molecule has 1 aromatic carbocycles. The van der Waals surface area contributed by atoms with Gasteiger partial charge in [-0.25, -0.2) is 0 Å². The number of rotatable bonds is 8. The fourth-order valence-corrected chi connectivity index (χ4v) is 3.48. The Bertz CT molecular complexity index is 779. The van der Waals surface area contributed by atoms with Crippen LogP contribution in [0.25, 0.3) is 0 Å². The molecular weight excluding hydrogens is 360 g/mol. The highest BCUT2D eigenvalue weighted by molar-refractivity contribution is 5.78. The molecule has 0 spiro atoms. The minimum Gasteiger partial charge on any atom is -0.490 e. The summed E-state index contributed by atoms with van der Waals surface area (Å²) in [5.74, 6) is 0.157. The lowest BCUT2D eigenvalue weighted by atomic mass is 9.84. The van der Waals surface area contributed by atoms with Gasteiger partial charge in [0.15, 0.2) is 5.79 Å². The number of carbonyl (C=O) groups is 1. The molecule has 2 aliphatic heterocycles. The third-order valence-corrected chi connectivity index (χ3v) is 5.09. The number of allylic oxidation sites excluding steroid dienone is 2. The standard InChI is InChI=1S/C22H26O6/c1-21(2)26-15-18(28-21)13-25-20-6-4-3-5-19(20)22(27-14-17-12-24-17)9-7-16(11-23)8-10-22/h3-9,11,17-18H,10,12-15H2,1-2H3. The molecule has 2 heterocycles. The number of para-hydroxylation sites is 1. The van der Waals surface area contributed by atoms with Gasteiger partial charge in [0.05, 0.1) is 19.8 Å². The zero-order chi connectivity index (χ0) is 19.6. The summed E-state index contributed by atoms with van der Waals surface area (Å²) in [6.07, 6.45) is 7.07. The van der Waals surface area contributed by atoms with Crippen molar-refractivity contribution in [3.63, 3.8) is 0 Å². The number of aldehydes is 1. The topological polar surface area (TPSA) is 66.5 Å². The highest BCUT2D eigenvalue weighted by atomic mass is 16.7. The largest absolute Gasteiger partial charge is 0.490 e. The molecule has 0 amide bonds. The van der Waals surface area contributed by atoms with Crippen molar-refractivity contribution in [2.45, 2.75) is 43.9 Å². The molecule has 0 aromatic heterocycles. The van der Waals surface area contributed by atoms with Crippen molar-refractivity contribution in [2.24, 2.45) is 0 Å². The second-order valence-corrected chi connectivity index (χ2v) is 7.77. The first-order valence-corrected chi connectivity index (χ1v) is 9.64. The Morgan fingerprint density at radius 1 is 1.18 bits per heavy atom. The summed E-state index contributed by atoms with van der Waals surface area (Å²) in [4.78, 5) is 11.1. The number of benzene rings is 1. The van der Waals surface area contributed by atoms with Gasteiger partial charge in [-0.05, 0) is 26.0 Å². The van der Waals surface area contributed by atoms with Gasteiger partial charge in [-0.3, -0.25) is 4.79 Å². The number of carbonyl (C=O) groups excluding carboxylic acids is 1. The average molecular weight is 386 g/mol. The van der Waals surface area contributed by atoms with Crippen LogP contribution in [0.5, 0.6) is 5.75 Å². The molecule has 6 nitrogen and oxygen atoms in total. The molecule has 0 N–H and O–H groups in total. The van der Waals surface area contributed by atoms with Crippen LogP contribution in [0.15, 0.2) is 48.1 Å². The third-order valence-electron chi connectivity index (χ3n) is 5.09. The normalized spacial score (nSPS) is 30.7. The molecule has 3 aliphatic rings. The Labute approximate surface area is 165 Å². The molecule has 150 valence electrons. The fraction of sp³-hybridized carbons (Fsp3) is 0.500. The van der Waals surface area contributed by atoms with E-state index in [4.69, 9.17) is 23.7 Å². The first-order valence-electron chi connectivity index (χ1n) is 9.64. The molecule has 6 heteroatoms. The average Bonchev–Trinajstić information content (AvgIpc) is 3.47. The predicted octanol–water partition coefficient (Wildman–Crippen LogP) is 2.91. The maximum absolute atomic E-state index is 11.1. The minimum atomic E-state index is -0.693. The highest BCUT2D eigenvalue weighted by Gasteiger charge is 2.38. The van der Waals surface area contributed by atoms with Crippen LogP contribution in [0.2, 0.25) is 0 Å². The SMILES string of the molecule is CC1(C)OCC(COc2ccccc2C2(OCC3CO3)C=CC(C=O)=CC2)O1. The van der Waals surface area contributed by atoms with Gasteiger partial charge in [-0.2, -0.15) is 0 Å². The first kappa shape index (κ1) is 19.3. The van der Waals surface area contributed by atoms with E-state index < -0.39 is 11.4 Å². The highest BCUT2D eigenvalue weighted by Crippen LogP contribution is 2.41. The molecule has 0 saturated carbocycles. The lowest BCUT2D eigenvalue weighted by Crippen LogP contribution is -2.32. The number of epoxide rings is 1. The molecule has 0 bridgehead atoms. The van der Waals surface area contributed by atoms with Gasteiger partial charge in [0.25, 0.3) is 0 Å². The van der Waals surface area contributed by atoms with Crippen molar-refractivity contribution in [1.82, 2.24) is 0 Å². The van der Waals surface area contributed by atoms with Gasteiger partial charge in [-0.1, -0.05) is 30.4 Å². The molecule has 2 saturated heterocycles. The third kappa shape index (κ3) is 4.36. The van der Waals surface area contributed by atoms with Crippen LogP contribution in [0.4, 0.5) is 0 Å². The number of hydrogen-bond acceptors (Lipinski definition) is 6. The van der Waals surface area contributed by atoms with Crippen molar-refractivity contribution in [2.75, 3.05) is 26.4 Å². The van der Waals surface area contributed by atoms with Crippen molar-refractivity contribution in [1.29, 1.82) is 0 Å². The van der Waals surface area contributed by atoms with Crippen molar-refractivity contribution in [3.8, 4) is 5.75 Å². The van der Waals surface area contributed by atoms with Crippen LogP contribution in [0, 0.1) is 0 Å². The molecule has 1 aromatic rings. The minimum absolute atomic E-state index is 0.122. The Morgan fingerprint density at radius 2 is 2.00 bits per heavy atom. The zero-order valence-corrected chi connectivity index (χ0v) is 16.3. The molecule has 3 atom stereocenters. The summed E-state index contributed by atoms with van der Waals surface area (Å²) in [6.45, 7) is 5.91. The molecule has 2 fully saturated rings. The Hall–Kier alpha value is -1.99.